The van der Waals surface area contributed by atoms with E-state index in [-0.39, 0.29) is 23.1 Å². The molecule has 5 nitrogen and oxygen atoms in total. The van der Waals surface area contributed by atoms with Gasteiger partial charge in [-0.25, -0.2) is 4.99 Å². The van der Waals surface area contributed by atoms with Crippen LogP contribution in [0.3, 0.4) is 0 Å². The number of hydrogen-bond acceptors (Lipinski definition) is 4. The second-order valence-corrected chi connectivity index (χ2v) is 6.25. The van der Waals surface area contributed by atoms with E-state index in [1.807, 2.05) is 48.5 Å². The van der Waals surface area contributed by atoms with Crippen molar-refractivity contribution in [3.05, 3.63) is 78.4 Å². The second kappa shape index (κ2) is 5.88. The smallest absolute Gasteiger partial charge is 0.395 e. The molecule has 0 fully saturated rings. The highest BCUT2D eigenvalue weighted by Gasteiger charge is 2.43. The van der Waals surface area contributed by atoms with Gasteiger partial charge in [0.2, 0.25) is 0 Å². The van der Waals surface area contributed by atoms with E-state index < -0.39 is 6.29 Å². The van der Waals surface area contributed by atoms with Crippen LogP contribution < -0.4 is 14.4 Å². The molecular formula is C21H12F2N2O3. The lowest BCUT2D eigenvalue weighted by Gasteiger charge is -2.16. The van der Waals surface area contributed by atoms with Crippen LogP contribution in [0.25, 0.3) is 0 Å². The minimum Gasteiger partial charge on any atom is -0.395 e. The van der Waals surface area contributed by atoms with Gasteiger partial charge < -0.3 is 9.47 Å². The van der Waals surface area contributed by atoms with Crippen molar-refractivity contribution in [3.63, 3.8) is 0 Å². The number of nitrogens with zero attached hydrogens (tertiary/aromatic N) is 2. The summed E-state index contributed by atoms with van der Waals surface area (Å²) in [5.74, 6) is -0.487. The molecule has 2 aliphatic rings. The van der Waals surface area contributed by atoms with Crippen LogP contribution in [0.4, 0.5) is 25.8 Å². The van der Waals surface area contributed by atoms with Crippen LogP contribution in [-0.4, -0.2) is 17.9 Å². The molecule has 0 unspecified atom stereocenters. The molecule has 28 heavy (non-hydrogen) atoms. The molecule has 3 aromatic carbocycles. The van der Waals surface area contributed by atoms with E-state index in [1.54, 1.807) is 11.0 Å². The van der Waals surface area contributed by atoms with Gasteiger partial charge in [0, 0.05) is 17.3 Å². The monoisotopic (exact) mass is 378 g/mol. The maximum atomic E-state index is 13.2. The van der Waals surface area contributed by atoms with Crippen LogP contribution in [0.15, 0.2) is 77.8 Å². The molecule has 0 saturated carbocycles. The van der Waals surface area contributed by atoms with Crippen LogP contribution in [0.5, 0.6) is 11.5 Å². The number of hydrogen-bond donors (Lipinski definition) is 0. The van der Waals surface area contributed by atoms with Crippen molar-refractivity contribution in [2.24, 2.45) is 4.99 Å². The Labute approximate surface area is 158 Å². The van der Waals surface area contributed by atoms with Crippen molar-refractivity contribution in [1.82, 2.24) is 0 Å². The van der Waals surface area contributed by atoms with Crippen molar-refractivity contribution in [2.45, 2.75) is 6.29 Å². The van der Waals surface area contributed by atoms with Crippen LogP contribution >= 0.6 is 0 Å². The molecule has 5 rings (SSSR count). The van der Waals surface area contributed by atoms with E-state index >= 15 is 0 Å². The van der Waals surface area contributed by atoms with E-state index in [2.05, 4.69) is 14.5 Å². The van der Waals surface area contributed by atoms with Gasteiger partial charge in [-0.1, -0.05) is 36.4 Å². The Morgan fingerprint density at radius 1 is 0.857 bits per heavy atom. The van der Waals surface area contributed by atoms with E-state index in [9.17, 15) is 13.6 Å². The largest absolute Gasteiger partial charge is 0.586 e. The highest BCUT2D eigenvalue weighted by Crippen LogP contribution is 2.43. The fourth-order valence-electron chi connectivity index (χ4n) is 3.28. The molecule has 0 spiro atoms. The molecule has 7 heteroatoms. The standard InChI is InChI=1S/C21H12F2N2O3/c22-21(23)27-17-11-10-13(12-18(17)28-21)24-19-15-8-4-5-9-16(15)25(20(19)26)14-6-2-1-3-7-14/h1-12H/b24-19-. The number of amides is 1. The van der Waals surface area contributed by atoms with Gasteiger partial charge in [0.05, 0.1) is 11.4 Å². The molecule has 0 aromatic heterocycles. The second-order valence-electron chi connectivity index (χ2n) is 6.25. The minimum absolute atomic E-state index is 0.0713. The fourth-order valence-corrected chi connectivity index (χ4v) is 3.28. The molecule has 3 aromatic rings. The van der Waals surface area contributed by atoms with Crippen molar-refractivity contribution in [3.8, 4) is 11.5 Å². The Morgan fingerprint density at radius 3 is 2.39 bits per heavy atom. The Morgan fingerprint density at radius 2 is 1.57 bits per heavy atom. The third kappa shape index (κ3) is 2.60. The number of carbonyl (C=O) groups excluding carboxylic acids is 1. The van der Waals surface area contributed by atoms with Gasteiger partial charge in [-0.3, -0.25) is 9.69 Å². The molecule has 138 valence electrons. The molecule has 0 bridgehead atoms. The average molecular weight is 378 g/mol. The van der Waals surface area contributed by atoms with Crippen LogP contribution in [-0.2, 0) is 4.79 Å². The quantitative estimate of drug-likeness (QED) is 0.643. The predicted octanol–water partition coefficient (Wildman–Crippen LogP) is 4.81. The maximum Gasteiger partial charge on any atom is 0.586 e. The number of ether oxygens (including phenoxy) is 2. The van der Waals surface area contributed by atoms with Crippen LogP contribution in [0, 0.1) is 0 Å². The molecule has 0 saturated heterocycles. The molecule has 0 atom stereocenters. The van der Waals surface area contributed by atoms with Crippen molar-refractivity contribution in [2.75, 3.05) is 4.90 Å². The van der Waals surface area contributed by atoms with Gasteiger partial charge in [0.1, 0.15) is 5.71 Å². The summed E-state index contributed by atoms with van der Waals surface area (Å²) >= 11 is 0. The average Bonchev–Trinajstić information content (AvgIpc) is 3.14. The molecule has 2 heterocycles. The summed E-state index contributed by atoms with van der Waals surface area (Å²) in [5.41, 5.74) is 2.64. The number of carbonyl (C=O) groups is 1. The summed E-state index contributed by atoms with van der Waals surface area (Å²) in [4.78, 5) is 19.1. The van der Waals surface area contributed by atoms with Gasteiger partial charge in [0.15, 0.2) is 11.5 Å². The first-order valence-electron chi connectivity index (χ1n) is 8.49. The summed E-state index contributed by atoms with van der Waals surface area (Å²) < 4.78 is 35.3. The number of rotatable bonds is 2. The first-order chi connectivity index (χ1) is 13.5. The number of fused-ring (bicyclic) bond motifs is 2. The van der Waals surface area contributed by atoms with Crippen molar-refractivity contribution in [1.29, 1.82) is 0 Å². The van der Waals surface area contributed by atoms with Gasteiger partial charge in [-0.2, -0.15) is 0 Å². The zero-order chi connectivity index (χ0) is 19.3. The predicted molar refractivity (Wildman–Crippen MR) is 98.9 cm³/mol. The third-order valence-corrected chi connectivity index (χ3v) is 4.45. The Balaban J connectivity index is 1.59. The van der Waals surface area contributed by atoms with Crippen LogP contribution in [0.1, 0.15) is 5.56 Å². The number of aliphatic imine (C=N–C) groups is 1. The van der Waals surface area contributed by atoms with Gasteiger partial charge >= 0.3 is 6.29 Å². The van der Waals surface area contributed by atoms with Gasteiger partial charge in [-0.05, 0) is 30.3 Å². The topological polar surface area (TPSA) is 51.1 Å². The fraction of sp³-hybridized carbons (Fsp3) is 0.0476. The van der Waals surface area contributed by atoms with E-state index in [0.29, 0.717) is 16.9 Å². The number of alkyl halides is 2. The lowest BCUT2D eigenvalue weighted by Crippen LogP contribution is -2.25. The van der Waals surface area contributed by atoms with E-state index in [4.69, 9.17) is 0 Å². The third-order valence-electron chi connectivity index (χ3n) is 4.45. The molecule has 0 aliphatic carbocycles. The number of anilines is 2. The summed E-state index contributed by atoms with van der Waals surface area (Å²) in [5, 5.41) is 0. The summed E-state index contributed by atoms with van der Waals surface area (Å²) in [7, 11) is 0. The van der Waals surface area contributed by atoms with Crippen LogP contribution in [0.2, 0.25) is 0 Å². The normalized spacial score (nSPS) is 17.9. The van der Waals surface area contributed by atoms with E-state index in [0.717, 1.165) is 5.69 Å². The lowest BCUT2D eigenvalue weighted by molar-refractivity contribution is -0.286. The minimum atomic E-state index is -3.70. The van der Waals surface area contributed by atoms with Crippen molar-refractivity contribution >= 4 is 28.7 Å². The number of benzene rings is 3. The van der Waals surface area contributed by atoms with Gasteiger partial charge in [-0.15, -0.1) is 8.78 Å². The molecule has 0 radical (unpaired) electrons. The Kier molecular flexibility index (Phi) is 3.45. The number of para-hydroxylation sites is 2. The Hall–Kier alpha value is -3.74. The number of halogens is 2. The van der Waals surface area contributed by atoms with E-state index in [1.165, 1.54) is 18.2 Å². The Bertz CT molecular complexity index is 1130. The maximum absolute atomic E-state index is 13.2. The molecule has 2 aliphatic heterocycles. The SMILES string of the molecule is O=C1/C(=N\c2ccc3c(c2)OC(F)(F)O3)c2ccccc2N1c1ccccc1. The first kappa shape index (κ1) is 16.4. The molecule has 1 amide bonds. The first-order valence-corrected chi connectivity index (χ1v) is 8.49. The zero-order valence-corrected chi connectivity index (χ0v) is 14.3. The summed E-state index contributed by atoms with van der Waals surface area (Å²) in [6.45, 7) is 0. The zero-order valence-electron chi connectivity index (χ0n) is 14.3. The molecular weight excluding hydrogens is 366 g/mol. The van der Waals surface area contributed by atoms with Crippen molar-refractivity contribution < 1.29 is 23.0 Å². The lowest BCUT2D eigenvalue weighted by atomic mass is 10.1. The highest BCUT2D eigenvalue weighted by molar-refractivity contribution is 6.56. The van der Waals surface area contributed by atoms with Gasteiger partial charge in [0.25, 0.3) is 5.91 Å². The highest BCUT2D eigenvalue weighted by atomic mass is 19.3. The summed E-state index contributed by atoms with van der Waals surface area (Å²) in [6.07, 6.45) is -3.70. The molecule has 0 N–H and O–H groups in total. The summed E-state index contributed by atoms with van der Waals surface area (Å²) in [6, 6.07) is 20.7.